The van der Waals surface area contributed by atoms with Gasteiger partial charge in [-0.05, 0) is 6.92 Å². The molecule has 0 bridgehead atoms. The summed E-state index contributed by atoms with van der Waals surface area (Å²) in [4.78, 5) is 0. The van der Waals surface area contributed by atoms with Crippen LogP contribution in [0.2, 0.25) is 0 Å². The largest absolute Gasteiger partial charge is 0.393 e. The van der Waals surface area contributed by atoms with Crippen molar-refractivity contribution < 1.29 is 9.67 Å². The molecular weight excluding hydrogens is 140 g/mol. The van der Waals surface area contributed by atoms with Crippen LogP contribution in [-0.4, -0.2) is 15.8 Å². The molecule has 0 saturated heterocycles. The van der Waals surface area contributed by atoms with Crippen LogP contribution >= 0.6 is 0 Å². The molecule has 1 atom stereocenters. The van der Waals surface area contributed by atoms with Crippen LogP contribution in [0.1, 0.15) is 13.3 Å². The average Bonchev–Trinajstić information content (AvgIpc) is 2.31. The molecule has 3 nitrogen and oxygen atoms in total. The van der Waals surface area contributed by atoms with Crippen LogP contribution in [0.15, 0.2) is 18.7 Å². The molecule has 0 saturated carbocycles. The number of nitrogens with zero attached hydrogens (tertiary/aromatic N) is 2. The number of hydrogen-bond donors (Lipinski definition) is 1. The van der Waals surface area contributed by atoms with Gasteiger partial charge in [-0.1, -0.05) is 0 Å². The van der Waals surface area contributed by atoms with Gasteiger partial charge in [0.1, 0.15) is 12.4 Å². The molecule has 0 aromatic carbocycles. The Labute approximate surface area is 66.9 Å². The van der Waals surface area contributed by atoms with Crippen molar-refractivity contribution in [1.82, 2.24) is 4.57 Å². The number of aryl methyl sites for hydroxylation is 2. The van der Waals surface area contributed by atoms with E-state index in [1.807, 2.05) is 37.3 Å². The first-order valence-corrected chi connectivity index (χ1v) is 3.87. The topological polar surface area (TPSA) is 29.0 Å². The maximum Gasteiger partial charge on any atom is 0.243 e. The maximum absolute atomic E-state index is 9.00. The van der Waals surface area contributed by atoms with Gasteiger partial charge in [0.15, 0.2) is 0 Å². The van der Waals surface area contributed by atoms with Gasteiger partial charge in [0.25, 0.3) is 0 Å². The third kappa shape index (κ3) is 2.72. The van der Waals surface area contributed by atoms with Crippen molar-refractivity contribution in [2.75, 3.05) is 0 Å². The predicted molar refractivity (Wildman–Crippen MR) is 41.9 cm³/mol. The van der Waals surface area contributed by atoms with Crippen molar-refractivity contribution in [3.63, 3.8) is 0 Å². The lowest BCUT2D eigenvalue weighted by atomic mass is 10.3. The van der Waals surface area contributed by atoms with Crippen LogP contribution in [0, 0.1) is 0 Å². The lowest BCUT2D eigenvalue weighted by Crippen LogP contribution is -2.32. The van der Waals surface area contributed by atoms with Crippen LogP contribution in [0.25, 0.3) is 0 Å². The summed E-state index contributed by atoms with van der Waals surface area (Å²) in [5.41, 5.74) is 0. The van der Waals surface area contributed by atoms with Gasteiger partial charge >= 0.3 is 0 Å². The zero-order valence-corrected chi connectivity index (χ0v) is 7.07. The molecule has 11 heavy (non-hydrogen) atoms. The average molecular weight is 155 g/mol. The number of aliphatic hydroxyl groups excluding tert-OH is 1. The van der Waals surface area contributed by atoms with E-state index in [-0.39, 0.29) is 6.10 Å². The van der Waals surface area contributed by atoms with Gasteiger partial charge in [0.05, 0.1) is 19.7 Å². The Bertz CT molecular complexity index is 218. The predicted octanol–water partition coefficient (Wildman–Crippen LogP) is 0.0835. The fourth-order valence-electron chi connectivity index (χ4n) is 0.970. The summed E-state index contributed by atoms with van der Waals surface area (Å²) in [6, 6.07) is 0. The Hall–Kier alpha value is -0.830. The molecule has 0 aliphatic rings. The van der Waals surface area contributed by atoms with Crippen LogP contribution in [0.5, 0.6) is 0 Å². The van der Waals surface area contributed by atoms with E-state index in [0.717, 1.165) is 13.0 Å². The smallest absolute Gasteiger partial charge is 0.243 e. The van der Waals surface area contributed by atoms with Crippen molar-refractivity contribution in [1.29, 1.82) is 0 Å². The minimum absolute atomic E-state index is 0.206. The van der Waals surface area contributed by atoms with E-state index >= 15 is 0 Å². The Morgan fingerprint density at radius 2 is 2.36 bits per heavy atom. The van der Waals surface area contributed by atoms with Crippen LogP contribution in [0.3, 0.4) is 0 Å². The molecule has 0 spiro atoms. The molecule has 0 amide bonds. The Balaban J connectivity index is 2.39. The van der Waals surface area contributed by atoms with Gasteiger partial charge in [-0.3, -0.25) is 0 Å². The van der Waals surface area contributed by atoms with Crippen molar-refractivity contribution in [3.05, 3.63) is 18.7 Å². The Morgan fingerprint density at radius 3 is 2.82 bits per heavy atom. The van der Waals surface area contributed by atoms with E-state index in [1.54, 1.807) is 0 Å². The summed E-state index contributed by atoms with van der Waals surface area (Å²) in [6.07, 6.45) is 6.60. The number of aliphatic hydroxyl groups is 1. The molecule has 0 radical (unpaired) electrons. The van der Waals surface area contributed by atoms with Crippen molar-refractivity contribution >= 4 is 0 Å². The van der Waals surface area contributed by atoms with Gasteiger partial charge in [-0.15, -0.1) is 0 Å². The van der Waals surface area contributed by atoms with E-state index in [0.29, 0.717) is 0 Å². The summed E-state index contributed by atoms with van der Waals surface area (Å²) in [7, 11) is 1.98. The Morgan fingerprint density at radius 1 is 1.64 bits per heavy atom. The molecular formula is C8H15N2O+. The highest BCUT2D eigenvalue weighted by molar-refractivity contribution is 4.62. The molecule has 0 aliphatic carbocycles. The molecule has 1 unspecified atom stereocenters. The molecule has 1 aromatic heterocycles. The molecule has 3 heteroatoms. The zero-order valence-electron chi connectivity index (χ0n) is 7.07. The minimum atomic E-state index is -0.206. The maximum atomic E-state index is 9.00. The first-order chi connectivity index (χ1) is 5.18. The normalized spacial score (nSPS) is 13.4. The first kappa shape index (κ1) is 8.27. The second kappa shape index (κ2) is 3.53. The number of rotatable bonds is 3. The van der Waals surface area contributed by atoms with E-state index in [4.69, 9.17) is 5.11 Å². The third-order valence-corrected chi connectivity index (χ3v) is 1.63. The lowest BCUT2D eigenvalue weighted by Gasteiger charge is -1.99. The number of aromatic nitrogens is 2. The van der Waals surface area contributed by atoms with Gasteiger partial charge in [0.2, 0.25) is 6.33 Å². The van der Waals surface area contributed by atoms with Crippen molar-refractivity contribution in [2.24, 2.45) is 7.05 Å². The quantitative estimate of drug-likeness (QED) is 0.615. The second-order valence-corrected chi connectivity index (χ2v) is 2.95. The first-order valence-electron chi connectivity index (χ1n) is 3.87. The highest BCUT2D eigenvalue weighted by Gasteiger charge is 2.01. The fraction of sp³-hybridized carbons (Fsp3) is 0.625. The van der Waals surface area contributed by atoms with Crippen LogP contribution < -0.4 is 4.57 Å². The third-order valence-electron chi connectivity index (χ3n) is 1.63. The standard InChI is InChI=1S/C8H15N2O/c1-8(11)3-4-10-6-5-9(2)7-10/h5-8,11H,3-4H2,1-2H3/q+1. The van der Waals surface area contributed by atoms with Gasteiger partial charge in [-0.25, -0.2) is 9.13 Å². The highest BCUT2D eigenvalue weighted by atomic mass is 16.3. The minimum Gasteiger partial charge on any atom is -0.393 e. The summed E-state index contributed by atoms with van der Waals surface area (Å²) < 4.78 is 4.05. The molecule has 0 aliphatic heterocycles. The lowest BCUT2D eigenvalue weighted by molar-refractivity contribution is -0.697. The van der Waals surface area contributed by atoms with E-state index < -0.39 is 0 Å². The second-order valence-electron chi connectivity index (χ2n) is 2.95. The van der Waals surface area contributed by atoms with E-state index in [1.165, 1.54) is 0 Å². The number of hydrogen-bond acceptors (Lipinski definition) is 1. The highest BCUT2D eigenvalue weighted by Crippen LogP contribution is 1.88. The van der Waals surface area contributed by atoms with Crippen LogP contribution in [0.4, 0.5) is 0 Å². The van der Waals surface area contributed by atoms with E-state index in [9.17, 15) is 0 Å². The van der Waals surface area contributed by atoms with Crippen molar-refractivity contribution in [2.45, 2.75) is 26.0 Å². The molecule has 1 aromatic rings. The molecule has 1 N–H and O–H groups in total. The molecule has 0 fully saturated rings. The van der Waals surface area contributed by atoms with Gasteiger partial charge in [-0.2, -0.15) is 0 Å². The monoisotopic (exact) mass is 155 g/mol. The summed E-state index contributed by atoms with van der Waals surface area (Å²) in [6.45, 7) is 2.70. The molecule has 1 heterocycles. The number of imidazole rings is 1. The summed E-state index contributed by atoms with van der Waals surface area (Å²) >= 11 is 0. The van der Waals surface area contributed by atoms with Gasteiger partial charge < -0.3 is 5.11 Å². The molecule has 1 rings (SSSR count). The van der Waals surface area contributed by atoms with Gasteiger partial charge in [0, 0.05) is 6.42 Å². The van der Waals surface area contributed by atoms with Crippen LogP contribution in [-0.2, 0) is 13.6 Å². The molecule has 62 valence electrons. The Kier molecular flexibility index (Phi) is 2.65. The van der Waals surface area contributed by atoms with E-state index in [2.05, 4.69) is 4.57 Å². The fourth-order valence-corrected chi connectivity index (χ4v) is 0.970. The SMILES string of the molecule is CC(O)CC[n+]1ccn(C)c1. The summed E-state index contributed by atoms with van der Waals surface area (Å²) in [5, 5.41) is 9.00. The zero-order chi connectivity index (χ0) is 8.27. The van der Waals surface area contributed by atoms with Crippen molar-refractivity contribution in [3.8, 4) is 0 Å². The summed E-state index contributed by atoms with van der Waals surface area (Å²) in [5.74, 6) is 0.